The van der Waals surface area contributed by atoms with Gasteiger partial charge in [0, 0.05) is 5.56 Å². The van der Waals surface area contributed by atoms with Gasteiger partial charge < -0.3 is 0 Å². The van der Waals surface area contributed by atoms with E-state index in [9.17, 15) is 8.42 Å². The lowest BCUT2D eigenvalue weighted by Crippen LogP contribution is -2.13. The standard InChI is InChI=1S/C17H15N3O2S/c1-3-14-6-4-5-7-16(14)17-12-20(19-18-17)23(21,22)15-10-8-13(2)9-11-15/h3-12H,1H2,2H3. The number of hydrogen-bond donors (Lipinski definition) is 0. The molecule has 6 heteroatoms. The van der Waals surface area contributed by atoms with Crippen LogP contribution in [0, 0.1) is 6.92 Å². The number of hydrogen-bond acceptors (Lipinski definition) is 4. The third-order valence-electron chi connectivity index (χ3n) is 3.50. The van der Waals surface area contributed by atoms with Crippen molar-refractivity contribution in [1.29, 1.82) is 0 Å². The van der Waals surface area contributed by atoms with E-state index in [0.717, 1.165) is 20.8 Å². The Morgan fingerprint density at radius 2 is 1.78 bits per heavy atom. The largest absolute Gasteiger partial charge is 0.284 e. The molecule has 2 aromatic carbocycles. The minimum absolute atomic E-state index is 0.177. The van der Waals surface area contributed by atoms with Crippen molar-refractivity contribution in [3.05, 3.63) is 72.4 Å². The monoisotopic (exact) mass is 325 g/mol. The van der Waals surface area contributed by atoms with Crippen LogP contribution in [0.15, 0.2) is 66.2 Å². The van der Waals surface area contributed by atoms with Gasteiger partial charge in [-0.2, -0.15) is 8.42 Å². The molecule has 0 aliphatic carbocycles. The molecule has 0 aliphatic rings. The summed E-state index contributed by atoms with van der Waals surface area (Å²) in [6.07, 6.45) is 3.11. The summed E-state index contributed by atoms with van der Waals surface area (Å²) in [7, 11) is -3.75. The van der Waals surface area contributed by atoms with E-state index in [0.29, 0.717) is 5.69 Å². The van der Waals surface area contributed by atoms with Crippen molar-refractivity contribution in [2.75, 3.05) is 0 Å². The maximum atomic E-state index is 12.6. The fraction of sp³-hybridized carbons (Fsp3) is 0.0588. The van der Waals surface area contributed by atoms with Gasteiger partial charge in [0.2, 0.25) is 0 Å². The van der Waals surface area contributed by atoms with Gasteiger partial charge in [-0.05, 0) is 24.6 Å². The smallest absolute Gasteiger partial charge is 0.199 e. The normalized spacial score (nSPS) is 11.3. The Balaban J connectivity index is 2.05. The van der Waals surface area contributed by atoms with Crippen LogP contribution in [-0.2, 0) is 10.0 Å². The third-order valence-corrected chi connectivity index (χ3v) is 5.03. The topological polar surface area (TPSA) is 64.8 Å². The lowest BCUT2D eigenvalue weighted by atomic mass is 10.1. The van der Waals surface area contributed by atoms with Gasteiger partial charge in [-0.25, -0.2) is 0 Å². The predicted octanol–water partition coefficient (Wildman–Crippen LogP) is 3.13. The molecular formula is C17H15N3O2S. The number of benzene rings is 2. The predicted molar refractivity (Wildman–Crippen MR) is 89.3 cm³/mol. The van der Waals surface area contributed by atoms with E-state index in [-0.39, 0.29) is 4.90 Å². The van der Waals surface area contributed by atoms with Gasteiger partial charge in [0.05, 0.1) is 11.1 Å². The van der Waals surface area contributed by atoms with Gasteiger partial charge in [0.15, 0.2) is 0 Å². The highest BCUT2D eigenvalue weighted by molar-refractivity contribution is 7.89. The van der Waals surface area contributed by atoms with E-state index in [2.05, 4.69) is 16.9 Å². The van der Waals surface area contributed by atoms with Gasteiger partial charge in [0.1, 0.15) is 5.69 Å². The molecule has 1 heterocycles. The number of aromatic nitrogens is 3. The number of nitrogens with zero attached hydrogens (tertiary/aromatic N) is 3. The fourth-order valence-corrected chi connectivity index (χ4v) is 3.28. The Morgan fingerprint density at radius 3 is 2.48 bits per heavy atom. The lowest BCUT2D eigenvalue weighted by molar-refractivity contribution is 0.577. The first-order valence-electron chi connectivity index (χ1n) is 6.99. The number of rotatable bonds is 4. The maximum Gasteiger partial charge on any atom is 0.284 e. The Labute approximate surface area is 135 Å². The summed E-state index contributed by atoms with van der Waals surface area (Å²) < 4.78 is 26.1. The Bertz CT molecular complexity index is 958. The zero-order valence-electron chi connectivity index (χ0n) is 12.5. The first kappa shape index (κ1) is 15.2. The highest BCUT2D eigenvalue weighted by atomic mass is 32.2. The Morgan fingerprint density at radius 1 is 1.09 bits per heavy atom. The van der Waals surface area contributed by atoms with Crippen LogP contribution in [0.3, 0.4) is 0 Å². The van der Waals surface area contributed by atoms with Crippen LogP contribution in [0.2, 0.25) is 0 Å². The first-order valence-corrected chi connectivity index (χ1v) is 8.43. The van der Waals surface area contributed by atoms with Gasteiger partial charge in [-0.3, -0.25) is 0 Å². The molecule has 116 valence electrons. The summed E-state index contributed by atoms with van der Waals surface area (Å²) in [6, 6.07) is 14.1. The molecular weight excluding hydrogens is 310 g/mol. The van der Waals surface area contributed by atoms with Crippen LogP contribution in [0.4, 0.5) is 0 Å². The molecule has 0 radical (unpaired) electrons. The van der Waals surface area contributed by atoms with Crippen LogP contribution in [0.1, 0.15) is 11.1 Å². The summed E-state index contributed by atoms with van der Waals surface area (Å²) >= 11 is 0. The van der Waals surface area contributed by atoms with E-state index >= 15 is 0 Å². The van der Waals surface area contributed by atoms with Gasteiger partial charge >= 0.3 is 0 Å². The second-order valence-corrected chi connectivity index (χ2v) is 6.88. The van der Waals surface area contributed by atoms with Crippen LogP contribution in [0.5, 0.6) is 0 Å². The van der Waals surface area contributed by atoms with Gasteiger partial charge in [0.25, 0.3) is 10.0 Å². The van der Waals surface area contributed by atoms with Crippen molar-refractivity contribution in [3.8, 4) is 11.3 Å². The molecule has 0 bridgehead atoms. The zero-order valence-corrected chi connectivity index (χ0v) is 13.4. The molecule has 0 atom stereocenters. The molecule has 0 aliphatic heterocycles. The molecule has 1 aromatic heterocycles. The van der Waals surface area contributed by atoms with Crippen LogP contribution in [-0.4, -0.2) is 22.8 Å². The van der Waals surface area contributed by atoms with Gasteiger partial charge in [-0.15, -0.1) is 9.19 Å². The Hall–Kier alpha value is -2.73. The summed E-state index contributed by atoms with van der Waals surface area (Å²) in [4.78, 5) is 0.177. The van der Waals surface area contributed by atoms with E-state index in [1.807, 2.05) is 31.2 Å². The molecule has 0 saturated carbocycles. The minimum Gasteiger partial charge on any atom is -0.199 e. The van der Waals surface area contributed by atoms with Crippen LogP contribution < -0.4 is 0 Å². The van der Waals surface area contributed by atoms with Crippen molar-refractivity contribution in [2.45, 2.75) is 11.8 Å². The number of aryl methyl sites for hydroxylation is 1. The second kappa shape index (κ2) is 5.81. The van der Waals surface area contributed by atoms with Crippen molar-refractivity contribution in [1.82, 2.24) is 14.4 Å². The van der Waals surface area contributed by atoms with E-state index in [1.54, 1.807) is 30.3 Å². The summed E-state index contributed by atoms with van der Waals surface area (Å²) in [5.74, 6) is 0. The lowest BCUT2D eigenvalue weighted by Gasteiger charge is -2.03. The summed E-state index contributed by atoms with van der Waals surface area (Å²) in [5, 5.41) is 7.77. The van der Waals surface area contributed by atoms with Crippen molar-refractivity contribution in [2.24, 2.45) is 0 Å². The highest BCUT2D eigenvalue weighted by Crippen LogP contribution is 2.23. The van der Waals surface area contributed by atoms with E-state index in [4.69, 9.17) is 0 Å². The van der Waals surface area contributed by atoms with Crippen molar-refractivity contribution < 1.29 is 8.42 Å². The molecule has 0 N–H and O–H groups in total. The zero-order chi connectivity index (χ0) is 16.4. The maximum absolute atomic E-state index is 12.6. The molecule has 3 aromatic rings. The highest BCUT2D eigenvalue weighted by Gasteiger charge is 2.19. The first-order chi connectivity index (χ1) is 11.0. The van der Waals surface area contributed by atoms with Crippen molar-refractivity contribution >= 4 is 16.1 Å². The minimum atomic E-state index is -3.75. The quantitative estimate of drug-likeness (QED) is 0.739. The summed E-state index contributed by atoms with van der Waals surface area (Å²) in [6.45, 7) is 5.65. The molecule has 0 spiro atoms. The third kappa shape index (κ3) is 2.80. The van der Waals surface area contributed by atoms with E-state index < -0.39 is 10.0 Å². The molecule has 23 heavy (non-hydrogen) atoms. The molecule has 5 nitrogen and oxygen atoms in total. The fourth-order valence-electron chi connectivity index (χ4n) is 2.22. The van der Waals surface area contributed by atoms with Gasteiger partial charge in [-0.1, -0.05) is 59.8 Å². The average molecular weight is 325 g/mol. The molecule has 0 fully saturated rings. The molecule has 0 amide bonds. The average Bonchev–Trinajstić information content (AvgIpc) is 3.06. The summed E-state index contributed by atoms with van der Waals surface area (Å²) in [5.41, 5.74) is 3.12. The van der Waals surface area contributed by atoms with Crippen LogP contribution >= 0.6 is 0 Å². The van der Waals surface area contributed by atoms with Crippen molar-refractivity contribution in [3.63, 3.8) is 0 Å². The Kier molecular flexibility index (Phi) is 3.83. The second-order valence-electron chi connectivity index (χ2n) is 5.09. The molecule has 0 saturated heterocycles. The SMILES string of the molecule is C=Cc1ccccc1-c1cn(S(=O)(=O)c2ccc(C)cc2)nn1. The molecule has 0 unspecified atom stereocenters. The molecule has 3 rings (SSSR count). The van der Waals surface area contributed by atoms with E-state index in [1.165, 1.54) is 6.20 Å². The van der Waals surface area contributed by atoms with Crippen LogP contribution in [0.25, 0.3) is 17.3 Å².